The van der Waals surface area contributed by atoms with E-state index in [9.17, 15) is 9.59 Å². The summed E-state index contributed by atoms with van der Waals surface area (Å²) in [5, 5.41) is 2.88. The molecule has 8 heteroatoms. The van der Waals surface area contributed by atoms with Crippen molar-refractivity contribution in [2.45, 2.75) is 33.1 Å². The van der Waals surface area contributed by atoms with E-state index in [1.165, 1.54) is 0 Å². The molecule has 0 saturated carbocycles. The van der Waals surface area contributed by atoms with Crippen molar-refractivity contribution in [1.29, 1.82) is 0 Å². The Balaban J connectivity index is 1.89. The minimum atomic E-state index is -0.289. The van der Waals surface area contributed by atoms with Gasteiger partial charge in [-0.3, -0.25) is 4.79 Å². The molecule has 1 aliphatic rings. The predicted molar refractivity (Wildman–Crippen MR) is 94.7 cm³/mol. The minimum absolute atomic E-state index is 0.176. The SMILES string of the molecule is CCCCCNC(=O)c1ccnc(N2CCN(C(=O)OCC)CC2)n1. The number of hydrogen-bond acceptors (Lipinski definition) is 6. The highest BCUT2D eigenvalue weighted by Gasteiger charge is 2.23. The lowest BCUT2D eigenvalue weighted by Gasteiger charge is -2.34. The van der Waals surface area contributed by atoms with Crippen LogP contribution in [0.1, 0.15) is 43.6 Å². The first-order chi connectivity index (χ1) is 12.2. The minimum Gasteiger partial charge on any atom is -0.450 e. The number of aromatic nitrogens is 2. The number of piperazine rings is 1. The largest absolute Gasteiger partial charge is 0.450 e. The van der Waals surface area contributed by atoms with Gasteiger partial charge >= 0.3 is 6.09 Å². The molecule has 1 aromatic rings. The predicted octanol–water partition coefficient (Wildman–Crippen LogP) is 1.68. The molecule has 0 atom stereocenters. The average Bonchev–Trinajstić information content (AvgIpc) is 2.65. The van der Waals surface area contributed by atoms with E-state index in [2.05, 4.69) is 22.2 Å². The monoisotopic (exact) mass is 349 g/mol. The van der Waals surface area contributed by atoms with Gasteiger partial charge in [0.1, 0.15) is 5.69 Å². The molecule has 0 aromatic carbocycles. The Morgan fingerprint density at radius 1 is 1.20 bits per heavy atom. The van der Waals surface area contributed by atoms with E-state index in [4.69, 9.17) is 4.74 Å². The lowest BCUT2D eigenvalue weighted by molar-refractivity contribution is 0.0947. The third-order valence-electron chi connectivity index (χ3n) is 4.03. The quantitative estimate of drug-likeness (QED) is 0.754. The molecule has 0 spiro atoms. The summed E-state index contributed by atoms with van der Waals surface area (Å²) in [6.45, 7) is 7.27. The third kappa shape index (κ3) is 5.58. The zero-order valence-electron chi connectivity index (χ0n) is 15.0. The van der Waals surface area contributed by atoms with Crippen molar-refractivity contribution in [3.8, 4) is 0 Å². The number of amides is 2. The summed E-state index contributed by atoms with van der Waals surface area (Å²) in [5.41, 5.74) is 0.370. The molecule has 2 rings (SSSR count). The van der Waals surface area contributed by atoms with Crippen LogP contribution in [0.3, 0.4) is 0 Å². The summed E-state index contributed by atoms with van der Waals surface area (Å²) in [6.07, 6.45) is 4.49. The first-order valence-electron chi connectivity index (χ1n) is 8.93. The Bertz CT molecular complexity index is 573. The number of hydrogen-bond donors (Lipinski definition) is 1. The Kier molecular flexibility index (Phi) is 7.43. The molecule has 0 radical (unpaired) electrons. The van der Waals surface area contributed by atoms with Crippen molar-refractivity contribution >= 4 is 17.9 Å². The fourth-order valence-corrected chi connectivity index (χ4v) is 2.60. The van der Waals surface area contributed by atoms with Gasteiger partial charge in [0.25, 0.3) is 5.91 Å². The Morgan fingerprint density at radius 2 is 1.96 bits per heavy atom. The van der Waals surface area contributed by atoms with Crippen molar-refractivity contribution in [1.82, 2.24) is 20.2 Å². The van der Waals surface area contributed by atoms with Crippen molar-refractivity contribution in [3.63, 3.8) is 0 Å². The van der Waals surface area contributed by atoms with Gasteiger partial charge < -0.3 is 19.9 Å². The number of carbonyl (C=O) groups excluding carboxylic acids is 2. The van der Waals surface area contributed by atoms with E-state index in [1.54, 1.807) is 24.1 Å². The maximum atomic E-state index is 12.2. The first kappa shape index (κ1) is 19.0. The third-order valence-corrected chi connectivity index (χ3v) is 4.03. The fraction of sp³-hybridized carbons (Fsp3) is 0.647. The molecule has 0 aliphatic carbocycles. The van der Waals surface area contributed by atoms with Crippen LogP contribution >= 0.6 is 0 Å². The summed E-state index contributed by atoms with van der Waals surface area (Å²) < 4.78 is 5.01. The van der Waals surface area contributed by atoms with Gasteiger partial charge in [-0.15, -0.1) is 0 Å². The van der Waals surface area contributed by atoms with Gasteiger partial charge in [0.2, 0.25) is 5.95 Å². The number of rotatable bonds is 7. The maximum Gasteiger partial charge on any atom is 0.409 e. The van der Waals surface area contributed by atoms with E-state index >= 15 is 0 Å². The zero-order chi connectivity index (χ0) is 18.1. The smallest absolute Gasteiger partial charge is 0.409 e. The molecular formula is C17H27N5O3. The number of ether oxygens (including phenoxy) is 1. The highest BCUT2D eigenvalue weighted by atomic mass is 16.6. The molecule has 138 valence electrons. The summed E-state index contributed by atoms with van der Waals surface area (Å²) in [7, 11) is 0. The van der Waals surface area contributed by atoms with Crippen LogP contribution in [0.25, 0.3) is 0 Å². The zero-order valence-corrected chi connectivity index (χ0v) is 15.0. The Labute approximate surface area is 148 Å². The van der Waals surface area contributed by atoms with Crippen molar-refractivity contribution in [2.75, 3.05) is 44.2 Å². The molecule has 0 unspecified atom stereocenters. The van der Waals surface area contributed by atoms with Crippen LogP contribution in [0.2, 0.25) is 0 Å². The van der Waals surface area contributed by atoms with Gasteiger partial charge in [-0.05, 0) is 19.4 Å². The van der Waals surface area contributed by atoms with Gasteiger partial charge in [0.05, 0.1) is 6.61 Å². The number of anilines is 1. The van der Waals surface area contributed by atoms with Crippen LogP contribution in [0.5, 0.6) is 0 Å². The van der Waals surface area contributed by atoms with Crippen molar-refractivity contribution in [3.05, 3.63) is 18.0 Å². The highest BCUT2D eigenvalue weighted by molar-refractivity contribution is 5.92. The summed E-state index contributed by atoms with van der Waals surface area (Å²) in [4.78, 5) is 36.2. The molecule has 25 heavy (non-hydrogen) atoms. The van der Waals surface area contributed by atoms with Crippen LogP contribution in [0.4, 0.5) is 10.7 Å². The molecule has 1 N–H and O–H groups in total. The van der Waals surface area contributed by atoms with E-state index < -0.39 is 0 Å². The topological polar surface area (TPSA) is 87.7 Å². The number of nitrogens with one attached hydrogen (secondary N) is 1. The molecule has 2 heterocycles. The standard InChI is InChI=1S/C17H27N5O3/c1-3-5-6-8-18-15(23)14-7-9-19-16(20-14)21-10-12-22(13-11-21)17(24)25-4-2/h7,9H,3-6,8,10-13H2,1-2H3,(H,18,23). The van der Waals surface area contributed by atoms with E-state index in [-0.39, 0.29) is 12.0 Å². The van der Waals surface area contributed by atoms with E-state index in [0.29, 0.717) is 51.0 Å². The molecular weight excluding hydrogens is 322 g/mol. The fourth-order valence-electron chi connectivity index (χ4n) is 2.60. The normalized spacial score (nSPS) is 14.3. The van der Waals surface area contributed by atoms with Crippen LogP contribution < -0.4 is 10.2 Å². The van der Waals surface area contributed by atoms with Crippen LogP contribution in [-0.2, 0) is 4.74 Å². The van der Waals surface area contributed by atoms with E-state index in [0.717, 1.165) is 19.3 Å². The van der Waals surface area contributed by atoms with Gasteiger partial charge in [-0.25, -0.2) is 14.8 Å². The Morgan fingerprint density at radius 3 is 2.64 bits per heavy atom. The second kappa shape index (κ2) is 9.80. The van der Waals surface area contributed by atoms with Crippen LogP contribution in [-0.4, -0.2) is 66.2 Å². The lowest BCUT2D eigenvalue weighted by Crippen LogP contribution is -2.49. The maximum absolute atomic E-state index is 12.2. The summed E-state index contributed by atoms with van der Waals surface area (Å²) in [5.74, 6) is 0.342. The van der Waals surface area contributed by atoms with Crippen LogP contribution in [0, 0.1) is 0 Å². The van der Waals surface area contributed by atoms with Gasteiger partial charge in [0, 0.05) is 38.9 Å². The summed E-state index contributed by atoms with van der Waals surface area (Å²) in [6, 6.07) is 1.62. The van der Waals surface area contributed by atoms with Crippen molar-refractivity contribution < 1.29 is 14.3 Å². The molecule has 8 nitrogen and oxygen atoms in total. The summed E-state index contributed by atoms with van der Waals surface area (Å²) >= 11 is 0. The molecule has 1 aliphatic heterocycles. The second-order valence-electron chi connectivity index (χ2n) is 5.88. The van der Waals surface area contributed by atoms with Crippen molar-refractivity contribution in [2.24, 2.45) is 0 Å². The van der Waals surface area contributed by atoms with Crippen LogP contribution in [0.15, 0.2) is 12.3 Å². The highest BCUT2D eigenvalue weighted by Crippen LogP contribution is 2.12. The number of unbranched alkanes of at least 4 members (excludes halogenated alkanes) is 2. The number of nitrogens with zero attached hydrogens (tertiary/aromatic N) is 4. The molecule has 1 saturated heterocycles. The Hall–Kier alpha value is -2.38. The first-order valence-corrected chi connectivity index (χ1v) is 8.93. The lowest BCUT2D eigenvalue weighted by atomic mass is 10.2. The molecule has 2 amide bonds. The molecule has 1 aromatic heterocycles. The van der Waals surface area contributed by atoms with E-state index in [1.807, 2.05) is 4.90 Å². The molecule has 0 bridgehead atoms. The number of carbonyl (C=O) groups is 2. The molecule has 1 fully saturated rings. The van der Waals surface area contributed by atoms with Gasteiger partial charge in [-0.2, -0.15) is 0 Å². The second-order valence-corrected chi connectivity index (χ2v) is 5.88. The average molecular weight is 349 g/mol. The van der Waals surface area contributed by atoms with Gasteiger partial charge in [0.15, 0.2) is 0 Å². The van der Waals surface area contributed by atoms with Gasteiger partial charge in [-0.1, -0.05) is 19.8 Å².